The highest BCUT2D eigenvalue weighted by Gasteiger charge is 2.05. The van der Waals surface area contributed by atoms with Crippen LogP contribution in [0.3, 0.4) is 0 Å². The summed E-state index contributed by atoms with van der Waals surface area (Å²) in [6.45, 7) is 2.20. The molecule has 0 bridgehead atoms. The summed E-state index contributed by atoms with van der Waals surface area (Å²) in [6, 6.07) is 10.9. The van der Waals surface area contributed by atoms with Gasteiger partial charge in [0.15, 0.2) is 0 Å². The quantitative estimate of drug-likeness (QED) is 0.899. The van der Waals surface area contributed by atoms with E-state index in [1.165, 1.54) is 15.8 Å². The van der Waals surface area contributed by atoms with E-state index in [1.807, 2.05) is 13.1 Å². The molecule has 0 spiro atoms. The Labute approximate surface area is 111 Å². The Morgan fingerprint density at radius 2 is 1.94 bits per heavy atom. The van der Waals surface area contributed by atoms with Crippen molar-refractivity contribution in [3.05, 3.63) is 57.5 Å². The maximum absolute atomic E-state index is 13.1. The molecule has 0 aliphatic heterocycles. The topological polar surface area (TPSA) is 29.3 Å². The number of nitrogens with zero attached hydrogens (tertiary/aromatic N) is 1. The molecule has 1 heterocycles. The lowest BCUT2D eigenvalue weighted by Crippen LogP contribution is -2.16. The fourth-order valence-electron chi connectivity index (χ4n) is 1.89. The lowest BCUT2D eigenvalue weighted by atomic mass is 10.2. The van der Waals surface area contributed by atoms with Crippen LogP contribution in [-0.4, -0.2) is 11.9 Å². The average Bonchev–Trinajstić information content (AvgIpc) is 2.76. The highest BCUT2D eigenvalue weighted by molar-refractivity contribution is 7.11. The van der Waals surface area contributed by atoms with Gasteiger partial charge in [-0.05, 0) is 36.9 Å². The van der Waals surface area contributed by atoms with E-state index >= 15 is 0 Å². The molecular formula is C14H17FN2S. The monoisotopic (exact) mass is 264 g/mol. The van der Waals surface area contributed by atoms with Crippen molar-refractivity contribution in [1.82, 2.24) is 4.90 Å². The minimum atomic E-state index is -0.178. The number of hydrogen-bond donors (Lipinski definition) is 1. The van der Waals surface area contributed by atoms with Crippen LogP contribution in [0.4, 0.5) is 4.39 Å². The molecule has 2 rings (SSSR count). The van der Waals surface area contributed by atoms with Crippen molar-refractivity contribution >= 4 is 11.3 Å². The molecule has 0 atom stereocenters. The average molecular weight is 264 g/mol. The van der Waals surface area contributed by atoms with Gasteiger partial charge in [-0.3, -0.25) is 4.90 Å². The van der Waals surface area contributed by atoms with E-state index in [1.54, 1.807) is 23.5 Å². The maximum atomic E-state index is 13.1. The summed E-state index contributed by atoms with van der Waals surface area (Å²) in [4.78, 5) is 4.65. The van der Waals surface area contributed by atoms with Crippen LogP contribution in [0, 0.1) is 5.82 Å². The Hall–Kier alpha value is -1.23. The van der Waals surface area contributed by atoms with Crippen LogP contribution in [0.15, 0.2) is 36.4 Å². The number of benzene rings is 1. The van der Waals surface area contributed by atoms with Crippen molar-refractivity contribution in [2.45, 2.75) is 19.6 Å². The van der Waals surface area contributed by atoms with Gasteiger partial charge in [-0.15, -0.1) is 11.3 Å². The number of rotatable bonds is 5. The normalized spacial score (nSPS) is 11.1. The predicted molar refractivity (Wildman–Crippen MR) is 73.8 cm³/mol. The summed E-state index contributed by atoms with van der Waals surface area (Å²) < 4.78 is 13.1. The van der Waals surface area contributed by atoms with Gasteiger partial charge in [0.1, 0.15) is 5.82 Å². The molecule has 2 nitrogen and oxygen atoms in total. The van der Waals surface area contributed by atoms with Crippen LogP contribution in [0.1, 0.15) is 15.3 Å². The third-order valence-electron chi connectivity index (χ3n) is 2.69. The molecule has 0 saturated heterocycles. The highest BCUT2D eigenvalue weighted by atomic mass is 32.1. The lowest BCUT2D eigenvalue weighted by Gasteiger charge is -2.15. The Bertz CT molecular complexity index is 510. The van der Waals surface area contributed by atoms with E-state index < -0.39 is 0 Å². The van der Waals surface area contributed by atoms with Crippen molar-refractivity contribution in [1.29, 1.82) is 0 Å². The summed E-state index contributed by atoms with van der Waals surface area (Å²) >= 11 is 1.73. The number of hydrogen-bond acceptors (Lipinski definition) is 3. The molecule has 0 unspecified atom stereocenters. The first-order chi connectivity index (χ1) is 8.67. The Balaban J connectivity index is 1.94. The lowest BCUT2D eigenvalue weighted by molar-refractivity contribution is 0.321. The van der Waals surface area contributed by atoms with Gasteiger partial charge in [-0.1, -0.05) is 12.1 Å². The number of halogens is 1. The third-order valence-corrected chi connectivity index (χ3v) is 3.78. The molecule has 0 aliphatic rings. The zero-order chi connectivity index (χ0) is 13.0. The molecule has 4 heteroatoms. The second-order valence-electron chi connectivity index (χ2n) is 4.37. The first-order valence-corrected chi connectivity index (χ1v) is 6.69. The van der Waals surface area contributed by atoms with Crippen LogP contribution < -0.4 is 5.73 Å². The van der Waals surface area contributed by atoms with Crippen LogP contribution in [0.5, 0.6) is 0 Å². The van der Waals surface area contributed by atoms with E-state index in [9.17, 15) is 4.39 Å². The summed E-state index contributed by atoms with van der Waals surface area (Å²) in [5, 5.41) is 0. The van der Waals surface area contributed by atoms with Gasteiger partial charge < -0.3 is 5.73 Å². The number of thiophene rings is 1. The van der Waals surface area contributed by atoms with Crippen LogP contribution in [-0.2, 0) is 19.6 Å². The molecule has 18 heavy (non-hydrogen) atoms. The molecule has 1 aromatic carbocycles. The Kier molecular flexibility index (Phi) is 4.47. The molecule has 96 valence electrons. The van der Waals surface area contributed by atoms with Gasteiger partial charge in [-0.2, -0.15) is 0 Å². The van der Waals surface area contributed by atoms with Gasteiger partial charge in [0.25, 0.3) is 0 Å². The van der Waals surface area contributed by atoms with Crippen molar-refractivity contribution in [3.8, 4) is 0 Å². The van der Waals surface area contributed by atoms with E-state index in [2.05, 4.69) is 17.0 Å². The van der Waals surface area contributed by atoms with E-state index in [0.717, 1.165) is 18.7 Å². The summed E-state index contributed by atoms with van der Waals surface area (Å²) in [6.07, 6.45) is 0. The summed E-state index contributed by atoms with van der Waals surface area (Å²) in [7, 11) is 2.03. The largest absolute Gasteiger partial charge is 0.326 e. The Morgan fingerprint density at radius 1 is 1.17 bits per heavy atom. The smallest absolute Gasteiger partial charge is 0.123 e. The minimum Gasteiger partial charge on any atom is -0.326 e. The highest BCUT2D eigenvalue weighted by Crippen LogP contribution is 2.18. The number of nitrogens with two attached hydrogens (primary N) is 1. The molecule has 0 saturated carbocycles. The standard InChI is InChI=1S/C14H17FN2S/c1-17(9-11-3-2-4-12(15)7-11)10-14-6-5-13(8-16)18-14/h2-7H,8-10,16H2,1H3. The molecule has 0 radical (unpaired) electrons. The second kappa shape index (κ2) is 6.09. The first kappa shape index (κ1) is 13.2. The zero-order valence-electron chi connectivity index (χ0n) is 10.4. The van der Waals surface area contributed by atoms with Gasteiger partial charge >= 0.3 is 0 Å². The van der Waals surface area contributed by atoms with Crippen LogP contribution in [0.2, 0.25) is 0 Å². The van der Waals surface area contributed by atoms with Crippen molar-refractivity contribution in [2.75, 3.05) is 7.05 Å². The van der Waals surface area contributed by atoms with Crippen LogP contribution >= 0.6 is 11.3 Å². The SMILES string of the molecule is CN(Cc1cccc(F)c1)Cc1ccc(CN)s1. The van der Waals surface area contributed by atoms with Crippen molar-refractivity contribution in [2.24, 2.45) is 5.73 Å². The molecule has 0 aliphatic carbocycles. The summed E-state index contributed by atoms with van der Waals surface area (Å²) in [5.41, 5.74) is 6.58. The predicted octanol–water partition coefficient (Wildman–Crippen LogP) is 2.98. The van der Waals surface area contributed by atoms with Crippen molar-refractivity contribution < 1.29 is 4.39 Å². The molecule has 0 fully saturated rings. The first-order valence-electron chi connectivity index (χ1n) is 5.88. The van der Waals surface area contributed by atoms with Gasteiger partial charge in [0.2, 0.25) is 0 Å². The fourth-order valence-corrected chi connectivity index (χ4v) is 2.86. The van der Waals surface area contributed by atoms with Gasteiger partial charge in [0, 0.05) is 29.4 Å². The minimum absolute atomic E-state index is 0.178. The van der Waals surface area contributed by atoms with E-state index in [4.69, 9.17) is 5.73 Å². The molecule has 2 aromatic rings. The zero-order valence-corrected chi connectivity index (χ0v) is 11.2. The summed E-state index contributed by atoms with van der Waals surface area (Å²) in [5.74, 6) is -0.178. The van der Waals surface area contributed by atoms with Crippen LogP contribution in [0.25, 0.3) is 0 Å². The van der Waals surface area contributed by atoms with Crippen molar-refractivity contribution in [3.63, 3.8) is 0 Å². The molecule has 0 amide bonds. The Morgan fingerprint density at radius 3 is 2.61 bits per heavy atom. The fraction of sp³-hybridized carbons (Fsp3) is 0.286. The van der Waals surface area contributed by atoms with E-state index in [-0.39, 0.29) is 5.82 Å². The van der Waals surface area contributed by atoms with Gasteiger partial charge in [0.05, 0.1) is 0 Å². The third kappa shape index (κ3) is 3.63. The maximum Gasteiger partial charge on any atom is 0.123 e. The molecular weight excluding hydrogens is 247 g/mol. The second-order valence-corrected chi connectivity index (χ2v) is 5.63. The van der Waals surface area contributed by atoms with E-state index in [0.29, 0.717) is 6.54 Å². The van der Waals surface area contributed by atoms with Gasteiger partial charge in [-0.25, -0.2) is 4.39 Å². The molecule has 2 N–H and O–H groups in total. The molecule has 1 aromatic heterocycles.